The molecule has 0 spiro atoms. The fourth-order valence-corrected chi connectivity index (χ4v) is 1.89. The highest BCUT2D eigenvalue weighted by molar-refractivity contribution is 7.10. The first-order valence-corrected chi connectivity index (χ1v) is 6.27. The summed E-state index contributed by atoms with van der Waals surface area (Å²) in [4.78, 5) is 0.942. The third-order valence-corrected chi connectivity index (χ3v) is 2.89. The molecular weight excluding hydrogens is 214 g/mol. The van der Waals surface area contributed by atoms with Gasteiger partial charge in [-0.1, -0.05) is 25.7 Å². The Labute approximate surface area is 103 Å². The fraction of sp³-hybridized carbons (Fsp3) is 0.429. The summed E-state index contributed by atoms with van der Waals surface area (Å²) in [6.07, 6.45) is 5.29. The molecule has 1 rings (SSSR count). The number of rotatable bonds is 2. The van der Waals surface area contributed by atoms with Gasteiger partial charge in [0.2, 0.25) is 0 Å². The van der Waals surface area contributed by atoms with E-state index < -0.39 is 0 Å². The molecule has 1 aromatic rings. The first kappa shape index (κ1) is 14.8. The van der Waals surface area contributed by atoms with Crippen molar-refractivity contribution in [1.82, 2.24) is 5.32 Å². The van der Waals surface area contributed by atoms with Crippen molar-refractivity contribution in [2.45, 2.75) is 27.7 Å². The standard InChI is InChI=1S/C10H8S.C4H11N/c1-4-6-9-8(3)7-11-10(9)5-2;1-3-5-4-2/h2,7H,1,3H3;5H,3-4H2,1-2H3. The lowest BCUT2D eigenvalue weighted by Crippen LogP contribution is -2.09. The maximum Gasteiger partial charge on any atom is 0.0924 e. The zero-order chi connectivity index (χ0) is 12.4. The molecule has 86 valence electrons. The molecule has 0 aliphatic carbocycles. The molecule has 16 heavy (non-hydrogen) atoms. The zero-order valence-electron chi connectivity index (χ0n) is 10.5. The normalized spacial score (nSPS) is 8.19. The summed E-state index contributed by atoms with van der Waals surface area (Å²) in [7, 11) is 0. The molecule has 0 radical (unpaired) electrons. The Bertz CT molecular complexity index is 397. The Hall–Kier alpha value is -1.22. The van der Waals surface area contributed by atoms with Crippen LogP contribution >= 0.6 is 11.3 Å². The highest BCUT2D eigenvalue weighted by Crippen LogP contribution is 2.19. The van der Waals surface area contributed by atoms with Crippen molar-refractivity contribution in [2.24, 2.45) is 0 Å². The van der Waals surface area contributed by atoms with Crippen LogP contribution in [0.1, 0.15) is 36.8 Å². The molecule has 1 aromatic heterocycles. The molecule has 1 N–H and O–H groups in total. The van der Waals surface area contributed by atoms with Crippen LogP contribution < -0.4 is 5.32 Å². The van der Waals surface area contributed by atoms with Gasteiger partial charge in [-0.3, -0.25) is 0 Å². The SMILES string of the molecule is C#Cc1scc(C)c1C#CC.CCNCC. The molecule has 1 heterocycles. The van der Waals surface area contributed by atoms with E-state index in [-0.39, 0.29) is 0 Å². The monoisotopic (exact) mass is 233 g/mol. The average Bonchev–Trinajstić information content (AvgIpc) is 2.63. The van der Waals surface area contributed by atoms with Crippen molar-refractivity contribution in [3.63, 3.8) is 0 Å². The van der Waals surface area contributed by atoms with E-state index in [1.54, 1.807) is 11.3 Å². The molecule has 1 nitrogen and oxygen atoms in total. The van der Waals surface area contributed by atoms with Crippen LogP contribution in [0.2, 0.25) is 0 Å². The Balaban J connectivity index is 0.000000385. The lowest BCUT2D eigenvalue weighted by atomic mass is 10.2. The second kappa shape index (κ2) is 9.04. The summed E-state index contributed by atoms with van der Waals surface area (Å²) >= 11 is 1.58. The molecule has 0 unspecified atom stereocenters. The van der Waals surface area contributed by atoms with Gasteiger partial charge in [0.15, 0.2) is 0 Å². The first-order valence-electron chi connectivity index (χ1n) is 5.39. The fourth-order valence-electron chi connectivity index (χ4n) is 1.08. The summed E-state index contributed by atoms with van der Waals surface area (Å²) < 4.78 is 0. The average molecular weight is 233 g/mol. The van der Waals surface area contributed by atoms with Crippen LogP contribution in [-0.2, 0) is 0 Å². The van der Waals surface area contributed by atoms with E-state index in [1.165, 1.54) is 5.56 Å². The van der Waals surface area contributed by atoms with Crippen molar-refractivity contribution < 1.29 is 0 Å². The lowest BCUT2D eigenvalue weighted by Gasteiger charge is -1.86. The molecule has 0 aliphatic rings. The lowest BCUT2D eigenvalue weighted by molar-refractivity contribution is 0.762. The molecule has 0 fully saturated rings. The maximum atomic E-state index is 5.29. The minimum Gasteiger partial charge on any atom is -0.317 e. The third-order valence-electron chi connectivity index (χ3n) is 1.86. The second-order valence-corrected chi connectivity index (χ2v) is 3.98. The Morgan fingerprint density at radius 2 is 2.00 bits per heavy atom. The second-order valence-electron chi connectivity index (χ2n) is 3.10. The van der Waals surface area contributed by atoms with Crippen molar-refractivity contribution in [3.05, 3.63) is 21.4 Å². The summed E-state index contributed by atoms with van der Waals surface area (Å²) in [5.41, 5.74) is 2.19. The van der Waals surface area contributed by atoms with Crippen molar-refractivity contribution >= 4 is 11.3 Å². The van der Waals surface area contributed by atoms with Gasteiger partial charge in [-0.15, -0.1) is 23.7 Å². The third kappa shape index (κ3) is 5.03. The van der Waals surface area contributed by atoms with Crippen LogP contribution in [0.5, 0.6) is 0 Å². The molecule has 0 aromatic carbocycles. The van der Waals surface area contributed by atoms with Gasteiger partial charge in [0.25, 0.3) is 0 Å². The minimum atomic E-state index is 0.942. The van der Waals surface area contributed by atoms with Crippen molar-refractivity contribution in [1.29, 1.82) is 0 Å². The van der Waals surface area contributed by atoms with Crippen LogP contribution in [-0.4, -0.2) is 13.1 Å². The smallest absolute Gasteiger partial charge is 0.0924 e. The molecular formula is C14H19NS. The van der Waals surface area contributed by atoms with E-state index in [0.717, 1.165) is 23.5 Å². The Morgan fingerprint density at radius 1 is 1.38 bits per heavy atom. The van der Waals surface area contributed by atoms with Gasteiger partial charge < -0.3 is 5.32 Å². The molecule has 0 aliphatic heterocycles. The molecule has 0 atom stereocenters. The quantitative estimate of drug-likeness (QED) is 0.774. The number of aryl methyl sites for hydroxylation is 1. The largest absolute Gasteiger partial charge is 0.317 e. The van der Waals surface area contributed by atoms with Crippen LogP contribution in [0.3, 0.4) is 0 Å². The van der Waals surface area contributed by atoms with E-state index in [9.17, 15) is 0 Å². The summed E-state index contributed by atoms with van der Waals surface area (Å²) in [5.74, 6) is 8.46. The summed E-state index contributed by atoms with van der Waals surface area (Å²) in [6, 6.07) is 0. The highest BCUT2D eigenvalue weighted by Gasteiger charge is 2.02. The molecule has 0 saturated carbocycles. The van der Waals surface area contributed by atoms with Gasteiger partial charge in [0.1, 0.15) is 0 Å². The molecule has 0 bridgehead atoms. The van der Waals surface area contributed by atoms with Gasteiger partial charge in [0, 0.05) is 0 Å². The highest BCUT2D eigenvalue weighted by atomic mass is 32.1. The number of terminal acetylenes is 1. The van der Waals surface area contributed by atoms with Crippen molar-refractivity contribution in [3.8, 4) is 24.2 Å². The van der Waals surface area contributed by atoms with E-state index >= 15 is 0 Å². The predicted octanol–water partition coefficient (Wildman–Crippen LogP) is 3.03. The van der Waals surface area contributed by atoms with E-state index in [0.29, 0.717) is 0 Å². The Morgan fingerprint density at radius 3 is 2.38 bits per heavy atom. The van der Waals surface area contributed by atoms with Crippen molar-refractivity contribution in [2.75, 3.05) is 13.1 Å². The first-order chi connectivity index (χ1) is 7.71. The number of hydrogen-bond donors (Lipinski definition) is 1. The van der Waals surface area contributed by atoms with E-state index in [4.69, 9.17) is 6.42 Å². The van der Waals surface area contributed by atoms with Gasteiger partial charge in [-0.05, 0) is 37.9 Å². The van der Waals surface area contributed by atoms with Crippen LogP contribution in [0.4, 0.5) is 0 Å². The van der Waals surface area contributed by atoms with Gasteiger partial charge >= 0.3 is 0 Å². The van der Waals surface area contributed by atoms with Gasteiger partial charge in [0.05, 0.1) is 10.4 Å². The van der Waals surface area contributed by atoms with Gasteiger partial charge in [-0.2, -0.15) is 0 Å². The van der Waals surface area contributed by atoms with Crippen LogP contribution in [0, 0.1) is 31.1 Å². The number of hydrogen-bond acceptors (Lipinski definition) is 2. The number of thiophene rings is 1. The molecule has 0 saturated heterocycles. The zero-order valence-corrected chi connectivity index (χ0v) is 11.3. The summed E-state index contributed by atoms with van der Waals surface area (Å²) in [5, 5.41) is 5.15. The minimum absolute atomic E-state index is 0.942. The molecule has 2 heteroatoms. The van der Waals surface area contributed by atoms with E-state index in [1.807, 2.05) is 19.2 Å². The van der Waals surface area contributed by atoms with Gasteiger partial charge in [-0.25, -0.2) is 0 Å². The van der Waals surface area contributed by atoms with Crippen LogP contribution in [0.25, 0.3) is 0 Å². The molecule has 0 amide bonds. The van der Waals surface area contributed by atoms with Crippen LogP contribution in [0.15, 0.2) is 5.38 Å². The maximum absolute atomic E-state index is 5.29. The Kier molecular flexibility index (Phi) is 8.35. The summed E-state index contributed by atoms with van der Waals surface area (Å²) in [6.45, 7) is 10.2. The topological polar surface area (TPSA) is 12.0 Å². The predicted molar refractivity (Wildman–Crippen MR) is 73.8 cm³/mol. The van der Waals surface area contributed by atoms with E-state index in [2.05, 4.69) is 36.9 Å². The number of nitrogens with one attached hydrogen (secondary N) is 1.